The molecular formula is C15H17NO2. The topological polar surface area (TPSA) is 45.4 Å². The number of rotatable bonds is 3. The van der Waals surface area contributed by atoms with Crippen LogP contribution >= 0.6 is 0 Å². The maximum Gasteiger partial charge on any atom is 0.0706 e. The Balaban J connectivity index is 2.25. The Labute approximate surface area is 106 Å². The van der Waals surface area contributed by atoms with Gasteiger partial charge in [-0.15, -0.1) is 0 Å². The third kappa shape index (κ3) is 1.59. The smallest absolute Gasteiger partial charge is 0.0706 e. The van der Waals surface area contributed by atoms with E-state index in [0.29, 0.717) is 0 Å². The van der Waals surface area contributed by atoms with E-state index in [1.54, 1.807) is 0 Å². The van der Waals surface area contributed by atoms with Gasteiger partial charge in [-0.3, -0.25) is 0 Å². The predicted octanol–water partition coefficient (Wildman–Crippen LogP) is 2.09. The van der Waals surface area contributed by atoms with Gasteiger partial charge in [0.05, 0.1) is 18.9 Å². The van der Waals surface area contributed by atoms with Crippen molar-refractivity contribution >= 4 is 0 Å². The van der Waals surface area contributed by atoms with E-state index in [1.807, 2.05) is 18.2 Å². The first kappa shape index (κ1) is 11.5. The fourth-order valence-corrected chi connectivity index (χ4v) is 3.00. The molecule has 3 nitrogen and oxygen atoms in total. The summed E-state index contributed by atoms with van der Waals surface area (Å²) in [7, 11) is 0. The van der Waals surface area contributed by atoms with Gasteiger partial charge in [-0.05, 0) is 18.4 Å². The quantitative estimate of drug-likeness (QED) is 0.867. The van der Waals surface area contributed by atoms with E-state index in [-0.39, 0.29) is 13.2 Å². The number of hydrogen-bond acceptors (Lipinski definition) is 2. The molecule has 3 rings (SSSR count). The maximum atomic E-state index is 9.62. The first-order valence-electron chi connectivity index (χ1n) is 6.37. The largest absolute Gasteiger partial charge is 0.392 e. The number of benzene rings is 1. The van der Waals surface area contributed by atoms with Gasteiger partial charge in [-0.1, -0.05) is 30.3 Å². The minimum atomic E-state index is -0.0138. The molecule has 0 saturated carbocycles. The van der Waals surface area contributed by atoms with Gasteiger partial charge in [0.2, 0.25) is 0 Å². The second kappa shape index (κ2) is 4.59. The average molecular weight is 243 g/mol. The van der Waals surface area contributed by atoms with Gasteiger partial charge in [0.25, 0.3) is 0 Å². The molecule has 2 N–H and O–H groups in total. The molecule has 1 aromatic heterocycles. The summed E-state index contributed by atoms with van der Waals surface area (Å²) < 4.78 is 2.26. The van der Waals surface area contributed by atoms with Crippen LogP contribution < -0.4 is 0 Å². The molecule has 1 aliphatic rings. The Morgan fingerprint density at radius 3 is 2.39 bits per heavy atom. The molecule has 0 bridgehead atoms. The zero-order chi connectivity index (χ0) is 12.5. The maximum absolute atomic E-state index is 9.62. The summed E-state index contributed by atoms with van der Waals surface area (Å²) in [4.78, 5) is 0. The van der Waals surface area contributed by atoms with Crippen molar-refractivity contribution < 1.29 is 10.2 Å². The summed E-state index contributed by atoms with van der Waals surface area (Å²) in [5, 5.41) is 19.2. The lowest BCUT2D eigenvalue weighted by Gasteiger charge is -2.08. The van der Waals surface area contributed by atoms with Gasteiger partial charge in [-0.2, -0.15) is 0 Å². The van der Waals surface area contributed by atoms with E-state index in [1.165, 1.54) is 5.69 Å². The molecular weight excluding hydrogens is 226 g/mol. The molecule has 0 radical (unpaired) electrons. The van der Waals surface area contributed by atoms with Crippen LogP contribution in [-0.2, 0) is 26.2 Å². The van der Waals surface area contributed by atoms with Crippen molar-refractivity contribution in [3.8, 4) is 11.3 Å². The van der Waals surface area contributed by atoms with Crippen LogP contribution in [0.3, 0.4) is 0 Å². The average Bonchev–Trinajstić information content (AvgIpc) is 2.98. The van der Waals surface area contributed by atoms with E-state index in [4.69, 9.17) is 0 Å². The summed E-state index contributed by atoms with van der Waals surface area (Å²) in [6, 6.07) is 10.1. The van der Waals surface area contributed by atoms with Crippen molar-refractivity contribution in [3.63, 3.8) is 0 Å². The molecule has 0 amide bonds. The van der Waals surface area contributed by atoms with Crippen molar-refractivity contribution in [1.82, 2.24) is 4.57 Å². The standard InChI is InChI=1S/C15H17NO2/c17-9-12-13(10-18)15(11-5-2-1-3-6-11)16-8-4-7-14(12)16/h1-3,5-6,17-18H,4,7-10H2. The summed E-state index contributed by atoms with van der Waals surface area (Å²) >= 11 is 0. The first-order chi connectivity index (χ1) is 8.86. The first-order valence-corrected chi connectivity index (χ1v) is 6.37. The van der Waals surface area contributed by atoms with Gasteiger partial charge in [0.15, 0.2) is 0 Å². The lowest BCUT2D eigenvalue weighted by atomic mass is 10.0. The number of aromatic nitrogens is 1. The Morgan fingerprint density at radius 2 is 1.72 bits per heavy atom. The minimum Gasteiger partial charge on any atom is -0.392 e. The van der Waals surface area contributed by atoms with Crippen molar-refractivity contribution in [3.05, 3.63) is 47.2 Å². The SMILES string of the molecule is OCc1c(CO)c(-c2ccccc2)n2c1CCC2. The van der Waals surface area contributed by atoms with Crippen molar-refractivity contribution in [1.29, 1.82) is 0 Å². The summed E-state index contributed by atoms with van der Waals surface area (Å²) in [6.07, 6.45) is 2.11. The van der Waals surface area contributed by atoms with Crippen molar-refractivity contribution in [2.75, 3.05) is 0 Å². The van der Waals surface area contributed by atoms with Crippen LogP contribution in [-0.4, -0.2) is 14.8 Å². The van der Waals surface area contributed by atoms with Crippen LogP contribution in [0, 0.1) is 0 Å². The molecule has 18 heavy (non-hydrogen) atoms. The number of aliphatic hydroxyl groups excluding tert-OH is 2. The third-order valence-electron chi connectivity index (χ3n) is 3.75. The fraction of sp³-hybridized carbons (Fsp3) is 0.333. The summed E-state index contributed by atoms with van der Waals surface area (Å²) in [5.74, 6) is 0. The Kier molecular flexibility index (Phi) is 2.94. The second-order valence-electron chi connectivity index (χ2n) is 4.69. The highest BCUT2D eigenvalue weighted by molar-refractivity contribution is 5.68. The number of hydrogen-bond donors (Lipinski definition) is 2. The highest BCUT2D eigenvalue weighted by Crippen LogP contribution is 2.35. The van der Waals surface area contributed by atoms with Gasteiger partial charge >= 0.3 is 0 Å². The second-order valence-corrected chi connectivity index (χ2v) is 4.69. The normalized spacial score (nSPS) is 13.9. The molecule has 0 atom stereocenters. The molecule has 1 aliphatic heterocycles. The van der Waals surface area contributed by atoms with Crippen LogP contribution in [0.4, 0.5) is 0 Å². The van der Waals surface area contributed by atoms with Crippen LogP contribution in [0.1, 0.15) is 23.2 Å². The van der Waals surface area contributed by atoms with Crippen LogP contribution in [0.25, 0.3) is 11.3 Å². The third-order valence-corrected chi connectivity index (χ3v) is 3.75. The van der Waals surface area contributed by atoms with Crippen LogP contribution in [0.2, 0.25) is 0 Å². The van der Waals surface area contributed by atoms with E-state index < -0.39 is 0 Å². The molecule has 94 valence electrons. The molecule has 2 aromatic rings. The Bertz CT molecular complexity index is 558. The van der Waals surface area contributed by atoms with Gasteiger partial charge in [-0.25, -0.2) is 0 Å². The van der Waals surface area contributed by atoms with E-state index >= 15 is 0 Å². The van der Waals surface area contributed by atoms with Gasteiger partial charge in [0, 0.05) is 23.4 Å². The molecule has 0 saturated heterocycles. The van der Waals surface area contributed by atoms with E-state index in [9.17, 15) is 10.2 Å². The molecule has 0 aliphatic carbocycles. The fourth-order valence-electron chi connectivity index (χ4n) is 3.00. The van der Waals surface area contributed by atoms with Gasteiger partial charge in [0.1, 0.15) is 0 Å². The van der Waals surface area contributed by atoms with Crippen molar-refractivity contribution in [2.45, 2.75) is 32.6 Å². The lowest BCUT2D eigenvalue weighted by molar-refractivity contribution is 0.260. The van der Waals surface area contributed by atoms with E-state index in [2.05, 4.69) is 16.7 Å². The molecule has 3 heteroatoms. The van der Waals surface area contributed by atoms with E-state index in [0.717, 1.165) is 41.8 Å². The number of fused-ring (bicyclic) bond motifs is 1. The Morgan fingerprint density at radius 1 is 1.00 bits per heavy atom. The molecule has 1 aromatic carbocycles. The number of nitrogens with zero attached hydrogens (tertiary/aromatic N) is 1. The summed E-state index contributed by atoms with van der Waals surface area (Å²) in [5.41, 5.74) is 5.20. The van der Waals surface area contributed by atoms with Crippen molar-refractivity contribution in [2.24, 2.45) is 0 Å². The molecule has 2 heterocycles. The highest BCUT2D eigenvalue weighted by atomic mass is 16.3. The van der Waals surface area contributed by atoms with Crippen LogP contribution in [0.15, 0.2) is 30.3 Å². The number of aliphatic hydroxyl groups is 2. The highest BCUT2D eigenvalue weighted by Gasteiger charge is 2.25. The summed E-state index contributed by atoms with van der Waals surface area (Å²) in [6.45, 7) is 0.977. The Hall–Kier alpha value is -1.58. The van der Waals surface area contributed by atoms with Crippen LogP contribution in [0.5, 0.6) is 0 Å². The lowest BCUT2D eigenvalue weighted by Crippen LogP contribution is -1.97. The molecule has 0 unspecified atom stereocenters. The monoisotopic (exact) mass is 243 g/mol. The van der Waals surface area contributed by atoms with Gasteiger partial charge < -0.3 is 14.8 Å². The minimum absolute atomic E-state index is 0.0120. The molecule has 0 spiro atoms. The molecule has 0 fully saturated rings. The zero-order valence-corrected chi connectivity index (χ0v) is 10.3. The zero-order valence-electron chi connectivity index (χ0n) is 10.3. The predicted molar refractivity (Wildman–Crippen MR) is 70.0 cm³/mol.